The van der Waals surface area contributed by atoms with Crippen LogP contribution in [0.3, 0.4) is 0 Å². The second kappa shape index (κ2) is 7.58. The number of hydrogen-bond acceptors (Lipinski definition) is 3. The van der Waals surface area contributed by atoms with Crippen LogP contribution in [-0.2, 0) is 6.42 Å². The molecule has 0 aliphatic carbocycles. The summed E-state index contributed by atoms with van der Waals surface area (Å²) in [6, 6.07) is 15.8. The molecule has 0 aliphatic rings. The maximum Gasteiger partial charge on any atom is 0.121 e. The molecule has 0 bridgehead atoms. The third kappa shape index (κ3) is 5.03. The van der Waals surface area contributed by atoms with Crippen LogP contribution in [0.5, 0.6) is 11.5 Å². The molecule has 2 rings (SSSR count). The van der Waals surface area contributed by atoms with Crippen LogP contribution >= 0.6 is 0 Å². The van der Waals surface area contributed by atoms with Crippen LogP contribution in [0, 0.1) is 0 Å². The van der Waals surface area contributed by atoms with Gasteiger partial charge in [0, 0.05) is 17.8 Å². The lowest BCUT2D eigenvalue weighted by molar-refractivity contribution is 0.340. The van der Waals surface area contributed by atoms with Crippen LogP contribution in [0.2, 0.25) is 0 Å². The molecule has 0 aromatic heterocycles. The number of nitrogens with one attached hydrogen (secondary N) is 1. The molecule has 21 heavy (non-hydrogen) atoms. The average molecular weight is 285 g/mol. The van der Waals surface area contributed by atoms with Crippen LogP contribution in [0.15, 0.2) is 48.5 Å². The number of aryl methyl sites for hydroxylation is 1. The smallest absolute Gasteiger partial charge is 0.121 e. The van der Waals surface area contributed by atoms with E-state index in [1.165, 1.54) is 5.56 Å². The molecule has 1 atom stereocenters. The lowest BCUT2D eigenvalue weighted by Crippen LogP contribution is -2.16. The minimum absolute atomic E-state index is 0.317. The topological polar surface area (TPSA) is 41.5 Å². The minimum Gasteiger partial charge on any atom is -0.508 e. The molecule has 2 N–H and O–H groups in total. The molecule has 0 spiro atoms. The largest absolute Gasteiger partial charge is 0.508 e. The van der Waals surface area contributed by atoms with Crippen molar-refractivity contribution in [3.8, 4) is 11.5 Å². The summed E-state index contributed by atoms with van der Waals surface area (Å²) in [5.41, 5.74) is 2.32. The van der Waals surface area contributed by atoms with Gasteiger partial charge in [0.2, 0.25) is 0 Å². The molecule has 112 valence electrons. The Kier molecular flexibility index (Phi) is 5.50. The Morgan fingerprint density at radius 2 is 1.90 bits per heavy atom. The van der Waals surface area contributed by atoms with Crippen molar-refractivity contribution in [2.75, 3.05) is 11.9 Å². The summed E-state index contributed by atoms with van der Waals surface area (Å²) in [4.78, 5) is 0. The van der Waals surface area contributed by atoms with E-state index in [9.17, 15) is 5.11 Å². The van der Waals surface area contributed by atoms with Crippen molar-refractivity contribution in [2.24, 2.45) is 0 Å². The van der Waals surface area contributed by atoms with Crippen molar-refractivity contribution in [1.82, 2.24) is 0 Å². The Balaban J connectivity index is 1.85. The second-order valence-electron chi connectivity index (χ2n) is 5.21. The van der Waals surface area contributed by atoms with Gasteiger partial charge < -0.3 is 15.2 Å². The monoisotopic (exact) mass is 285 g/mol. The predicted molar refractivity (Wildman–Crippen MR) is 87.1 cm³/mol. The maximum absolute atomic E-state index is 9.27. The summed E-state index contributed by atoms with van der Waals surface area (Å²) in [6.45, 7) is 4.84. The molecular formula is C18H23NO2. The summed E-state index contributed by atoms with van der Waals surface area (Å²) < 4.78 is 5.50. The molecule has 1 unspecified atom stereocenters. The molecule has 0 saturated carbocycles. The number of aromatic hydroxyl groups is 1. The first-order valence-corrected chi connectivity index (χ1v) is 7.44. The van der Waals surface area contributed by atoms with Crippen LogP contribution < -0.4 is 10.1 Å². The summed E-state index contributed by atoms with van der Waals surface area (Å²) in [5.74, 6) is 1.21. The summed E-state index contributed by atoms with van der Waals surface area (Å²) in [7, 11) is 0. The van der Waals surface area contributed by atoms with Gasteiger partial charge in [-0.2, -0.15) is 0 Å². The fourth-order valence-corrected chi connectivity index (χ4v) is 2.24. The highest BCUT2D eigenvalue weighted by Gasteiger charge is 2.04. The molecule has 0 heterocycles. The van der Waals surface area contributed by atoms with Gasteiger partial charge in [0.15, 0.2) is 0 Å². The van der Waals surface area contributed by atoms with Crippen LogP contribution in [0.4, 0.5) is 5.69 Å². The first kappa shape index (κ1) is 15.2. The lowest BCUT2D eigenvalue weighted by Gasteiger charge is -2.16. The van der Waals surface area contributed by atoms with E-state index in [0.29, 0.717) is 18.4 Å². The van der Waals surface area contributed by atoms with Gasteiger partial charge in [0.05, 0.1) is 6.61 Å². The number of phenols is 1. The third-order valence-electron chi connectivity index (χ3n) is 3.36. The van der Waals surface area contributed by atoms with Crippen molar-refractivity contribution in [1.29, 1.82) is 0 Å². The molecule has 3 heteroatoms. The molecule has 0 amide bonds. The van der Waals surface area contributed by atoms with Crippen molar-refractivity contribution in [2.45, 2.75) is 32.7 Å². The average Bonchev–Trinajstić information content (AvgIpc) is 2.47. The van der Waals surface area contributed by atoms with Gasteiger partial charge in [0.25, 0.3) is 0 Å². The Bertz CT molecular complexity index is 551. The Morgan fingerprint density at radius 1 is 1.14 bits per heavy atom. The molecular weight excluding hydrogens is 262 g/mol. The summed E-state index contributed by atoms with van der Waals surface area (Å²) in [6.07, 6.45) is 2.02. The van der Waals surface area contributed by atoms with Crippen LogP contribution in [0.1, 0.15) is 25.8 Å². The standard InChI is InChI=1S/C18H23NO2/c1-3-21-18-6-4-5-16(13-18)19-14(2)7-8-15-9-11-17(20)12-10-15/h4-6,9-14,19-20H,3,7-8H2,1-2H3. The van der Waals surface area contributed by atoms with Crippen molar-refractivity contribution in [3.63, 3.8) is 0 Å². The zero-order valence-electron chi connectivity index (χ0n) is 12.7. The number of rotatable bonds is 7. The molecule has 3 nitrogen and oxygen atoms in total. The van der Waals surface area contributed by atoms with Gasteiger partial charge in [-0.3, -0.25) is 0 Å². The van der Waals surface area contributed by atoms with E-state index >= 15 is 0 Å². The van der Waals surface area contributed by atoms with E-state index in [1.807, 2.05) is 37.3 Å². The van der Waals surface area contributed by atoms with Gasteiger partial charge >= 0.3 is 0 Å². The Labute approximate surface area is 126 Å². The molecule has 2 aromatic carbocycles. The van der Waals surface area contributed by atoms with Gasteiger partial charge in [-0.1, -0.05) is 18.2 Å². The first-order chi connectivity index (χ1) is 10.2. The van der Waals surface area contributed by atoms with E-state index in [-0.39, 0.29) is 0 Å². The number of hydrogen-bond donors (Lipinski definition) is 2. The molecule has 0 aliphatic heterocycles. The number of benzene rings is 2. The molecule has 0 radical (unpaired) electrons. The van der Waals surface area contributed by atoms with E-state index in [4.69, 9.17) is 4.74 Å². The number of phenolic OH excluding ortho intramolecular Hbond substituents is 1. The summed E-state index contributed by atoms with van der Waals surface area (Å²) in [5, 5.41) is 12.8. The fourth-order valence-electron chi connectivity index (χ4n) is 2.24. The van der Waals surface area contributed by atoms with Gasteiger partial charge in [-0.25, -0.2) is 0 Å². The third-order valence-corrected chi connectivity index (χ3v) is 3.36. The molecule has 0 saturated heterocycles. The first-order valence-electron chi connectivity index (χ1n) is 7.44. The quantitative estimate of drug-likeness (QED) is 0.800. The SMILES string of the molecule is CCOc1cccc(NC(C)CCc2ccc(O)cc2)c1. The van der Waals surface area contributed by atoms with E-state index in [2.05, 4.69) is 18.3 Å². The predicted octanol–water partition coefficient (Wildman–Crippen LogP) is 4.22. The zero-order chi connectivity index (χ0) is 15.1. The van der Waals surface area contributed by atoms with Crippen molar-refractivity contribution in [3.05, 3.63) is 54.1 Å². The maximum atomic E-state index is 9.27. The van der Waals surface area contributed by atoms with Crippen molar-refractivity contribution < 1.29 is 9.84 Å². The minimum atomic E-state index is 0.317. The highest BCUT2D eigenvalue weighted by atomic mass is 16.5. The Morgan fingerprint density at radius 3 is 2.62 bits per heavy atom. The Hall–Kier alpha value is -2.16. The summed E-state index contributed by atoms with van der Waals surface area (Å²) >= 11 is 0. The van der Waals surface area contributed by atoms with E-state index in [0.717, 1.165) is 24.3 Å². The highest BCUT2D eigenvalue weighted by molar-refractivity contribution is 5.48. The van der Waals surface area contributed by atoms with Crippen LogP contribution in [0.25, 0.3) is 0 Å². The fraction of sp³-hybridized carbons (Fsp3) is 0.333. The molecule has 0 fully saturated rings. The van der Waals surface area contributed by atoms with Crippen molar-refractivity contribution >= 4 is 5.69 Å². The molecule has 2 aromatic rings. The zero-order valence-corrected chi connectivity index (χ0v) is 12.7. The lowest BCUT2D eigenvalue weighted by atomic mass is 10.1. The second-order valence-corrected chi connectivity index (χ2v) is 5.21. The van der Waals surface area contributed by atoms with Gasteiger partial charge in [0.1, 0.15) is 11.5 Å². The van der Waals surface area contributed by atoms with Gasteiger partial charge in [-0.05, 0) is 56.5 Å². The number of ether oxygens (including phenoxy) is 1. The highest BCUT2D eigenvalue weighted by Crippen LogP contribution is 2.19. The van der Waals surface area contributed by atoms with Gasteiger partial charge in [-0.15, -0.1) is 0 Å². The normalized spacial score (nSPS) is 11.9. The van der Waals surface area contributed by atoms with E-state index in [1.54, 1.807) is 12.1 Å². The van der Waals surface area contributed by atoms with Crippen LogP contribution in [-0.4, -0.2) is 17.8 Å². The number of anilines is 1. The van der Waals surface area contributed by atoms with E-state index < -0.39 is 0 Å².